The van der Waals surface area contributed by atoms with E-state index in [0.29, 0.717) is 22.9 Å². The van der Waals surface area contributed by atoms with Gasteiger partial charge in [0.2, 0.25) is 11.9 Å². The van der Waals surface area contributed by atoms with Crippen molar-refractivity contribution in [3.63, 3.8) is 0 Å². The molecule has 10 heteroatoms. The first kappa shape index (κ1) is 17.7. The lowest BCUT2D eigenvalue weighted by Gasteiger charge is -2.11. The van der Waals surface area contributed by atoms with Gasteiger partial charge in [0.05, 0.1) is 23.5 Å². The monoisotopic (exact) mass is 435 g/mol. The van der Waals surface area contributed by atoms with Crippen LogP contribution in [0.3, 0.4) is 0 Å². The van der Waals surface area contributed by atoms with Gasteiger partial charge in [-0.25, -0.2) is 23.4 Å². The molecular formula is C17H12BrF2N5O2. The lowest BCUT2D eigenvalue weighted by atomic mass is 10.1. The van der Waals surface area contributed by atoms with Crippen molar-refractivity contribution in [2.45, 2.75) is 25.1 Å². The van der Waals surface area contributed by atoms with E-state index in [9.17, 15) is 18.4 Å². The van der Waals surface area contributed by atoms with Crippen LogP contribution in [0.25, 0.3) is 10.8 Å². The number of hydrogen-bond acceptors (Lipinski definition) is 5. The Balaban J connectivity index is 1.68. The summed E-state index contributed by atoms with van der Waals surface area (Å²) >= 11 is 3.34. The molecule has 2 atom stereocenters. The molecule has 0 spiro atoms. The number of amides is 1. The van der Waals surface area contributed by atoms with Gasteiger partial charge in [-0.3, -0.25) is 14.9 Å². The van der Waals surface area contributed by atoms with E-state index in [-0.39, 0.29) is 5.95 Å². The molecule has 138 valence electrons. The number of carbonyl (C=O) groups excluding carboxylic acids is 1. The summed E-state index contributed by atoms with van der Waals surface area (Å²) in [5.74, 6) is -1.73. The Bertz CT molecular complexity index is 1100. The van der Waals surface area contributed by atoms with E-state index in [1.807, 2.05) is 0 Å². The molecule has 0 aliphatic heterocycles. The molecule has 1 saturated carbocycles. The molecule has 1 aromatic carbocycles. The van der Waals surface area contributed by atoms with Gasteiger partial charge in [0.1, 0.15) is 12.7 Å². The van der Waals surface area contributed by atoms with Crippen molar-refractivity contribution in [3.05, 3.63) is 56.9 Å². The third-order valence-corrected chi connectivity index (χ3v) is 4.67. The van der Waals surface area contributed by atoms with E-state index in [1.54, 1.807) is 18.2 Å². The molecule has 4 rings (SSSR count). The van der Waals surface area contributed by atoms with E-state index in [4.69, 9.17) is 0 Å². The molecule has 27 heavy (non-hydrogen) atoms. The van der Waals surface area contributed by atoms with Crippen LogP contribution < -0.4 is 10.9 Å². The molecule has 0 radical (unpaired) electrons. The highest BCUT2D eigenvalue weighted by Gasteiger charge is 2.41. The summed E-state index contributed by atoms with van der Waals surface area (Å²) in [5, 5.41) is 7.52. The van der Waals surface area contributed by atoms with Gasteiger partial charge in [-0.2, -0.15) is 5.10 Å². The molecule has 1 aliphatic carbocycles. The van der Waals surface area contributed by atoms with Crippen LogP contribution in [0.5, 0.6) is 0 Å². The number of halogens is 3. The smallest absolute Gasteiger partial charge is 0.275 e. The van der Waals surface area contributed by atoms with Gasteiger partial charge >= 0.3 is 0 Å². The van der Waals surface area contributed by atoms with Crippen molar-refractivity contribution in [3.8, 4) is 0 Å². The first-order valence-corrected chi connectivity index (χ1v) is 8.83. The standard InChI is InChI=1S/C17H12BrF2N5O2/c18-8-1-2-10-11(3-8)15(12-4-13(12)20)24-25(16(10)27)7-14(26)23-17-21-5-9(19)6-22-17/h1-3,5-6,12-13H,4,7H2,(H,21,22,23,26). The third-order valence-electron chi connectivity index (χ3n) is 4.18. The Morgan fingerprint density at radius 2 is 2.00 bits per heavy atom. The Morgan fingerprint density at radius 1 is 1.30 bits per heavy atom. The fourth-order valence-corrected chi connectivity index (χ4v) is 3.15. The van der Waals surface area contributed by atoms with E-state index in [1.165, 1.54) is 0 Å². The van der Waals surface area contributed by atoms with Gasteiger partial charge in [-0.1, -0.05) is 15.9 Å². The van der Waals surface area contributed by atoms with Crippen LogP contribution in [-0.2, 0) is 11.3 Å². The number of aromatic nitrogens is 4. The van der Waals surface area contributed by atoms with Crippen LogP contribution in [0, 0.1) is 5.82 Å². The average Bonchev–Trinajstić information content (AvgIpc) is 3.35. The van der Waals surface area contributed by atoms with Crippen molar-refractivity contribution in [2.24, 2.45) is 0 Å². The summed E-state index contributed by atoms with van der Waals surface area (Å²) in [6.07, 6.45) is 1.15. The Kier molecular flexibility index (Phi) is 4.42. The van der Waals surface area contributed by atoms with Gasteiger partial charge in [0, 0.05) is 15.8 Å². The van der Waals surface area contributed by atoms with Crippen LogP contribution in [0.15, 0.2) is 39.9 Å². The second-order valence-corrected chi connectivity index (χ2v) is 7.08. The summed E-state index contributed by atoms with van der Waals surface area (Å²) in [7, 11) is 0. The van der Waals surface area contributed by atoms with Crippen molar-refractivity contribution in [1.82, 2.24) is 19.7 Å². The second kappa shape index (κ2) is 6.76. The van der Waals surface area contributed by atoms with Gasteiger partial charge in [0.15, 0.2) is 5.82 Å². The minimum absolute atomic E-state index is 0.0922. The molecule has 1 amide bonds. The first-order chi connectivity index (χ1) is 12.9. The number of fused-ring (bicyclic) bond motifs is 1. The highest BCUT2D eigenvalue weighted by Crippen LogP contribution is 2.44. The Morgan fingerprint density at radius 3 is 2.67 bits per heavy atom. The number of benzene rings is 1. The summed E-state index contributed by atoms with van der Waals surface area (Å²) in [6.45, 7) is -0.401. The van der Waals surface area contributed by atoms with Crippen molar-refractivity contribution in [2.75, 3.05) is 5.32 Å². The van der Waals surface area contributed by atoms with Gasteiger partial charge < -0.3 is 0 Å². The number of carbonyl (C=O) groups is 1. The maximum Gasteiger partial charge on any atom is 0.275 e. The van der Waals surface area contributed by atoms with Crippen LogP contribution in [0.1, 0.15) is 18.0 Å². The zero-order valence-electron chi connectivity index (χ0n) is 13.7. The molecule has 0 saturated heterocycles. The number of anilines is 1. The number of nitrogens with one attached hydrogen (secondary N) is 1. The lowest BCUT2D eigenvalue weighted by molar-refractivity contribution is -0.117. The average molecular weight is 436 g/mol. The number of rotatable bonds is 4. The van der Waals surface area contributed by atoms with Crippen LogP contribution in [0.2, 0.25) is 0 Å². The van der Waals surface area contributed by atoms with Crippen LogP contribution >= 0.6 is 15.9 Å². The largest absolute Gasteiger partial charge is 0.293 e. The maximum absolute atomic E-state index is 13.6. The fourth-order valence-electron chi connectivity index (χ4n) is 2.79. The molecular weight excluding hydrogens is 424 g/mol. The number of hydrogen-bond donors (Lipinski definition) is 1. The summed E-state index contributed by atoms with van der Waals surface area (Å²) in [6, 6.07) is 5.03. The molecule has 2 heterocycles. The van der Waals surface area contributed by atoms with Gasteiger partial charge in [-0.15, -0.1) is 0 Å². The molecule has 1 fully saturated rings. The minimum atomic E-state index is -1.01. The molecule has 7 nitrogen and oxygen atoms in total. The van der Waals surface area contributed by atoms with E-state index < -0.39 is 35.9 Å². The lowest BCUT2D eigenvalue weighted by Crippen LogP contribution is -2.31. The van der Waals surface area contributed by atoms with E-state index in [2.05, 4.69) is 36.3 Å². The van der Waals surface area contributed by atoms with Crippen molar-refractivity contribution < 1.29 is 13.6 Å². The molecule has 2 unspecified atom stereocenters. The Hall–Kier alpha value is -2.75. The topological polar surface area (TPSA) is 89.8 Å². The molecule has 1 aliphatic rings. The van der Waals surface area contributed by atoms with Crippen molar-refractivity contribution >= 4 is 38.6 Å². The van der Waals surface area contributed by atoms with Gasteiger partial charge in [0.25, 0.3) is 5.56 Å². The van der Waals surface area contributed by atoms with Crippen LogP contribution in [-0.4, -0.2) is 31.8 Å². The normalized spacial score (nSPS) is 18.5. The Labute approximate surface area is 159 Å². The maximum atomic E-state index is 13.6. The predicted octanol–water partition coefficient (Wildman–Crippen LogP) is 2.55. The van der Waals surface area contributed by atoms with Crippen molar-refractivity contribution in [1.29, 1.82) is 0 Å². The second-order valence-electron chi connectivity index (χ2n) is 6.17. The number of nitrogens with zero attached hydrogens (tertiary/aromatic N) is 4. The predicted molar refractivity (Wildman–Crippen MR) is 96.6 cm³/mol. The summed E-state index contributed by atoms with van der Waals surface area (Å²) in [4.78, 5) is 32.1. The molecule has 2 aromatic heterocycles. The zero-order valence-corrected chi connectivity index (χ0v) is 15.3. The summed E-state index contributed by atoms with van der Waals surface area (Å²) in [5.41, 5.74) is -0.0169. The van der Waals surface area contributed by atoms with Crippen LogP contribution in [0.4, 0.5) is 14.7 Å². The first-order valence-electron chi connectivity index (χ1n) is 8.04. The van der Waals surface area contributed by atoms with Gasteiger partial charge in [-0.05, 0) is 24.6 Å². The SMILES string of the molecule is O=C(Cn1nc(C2CC2F)c2cc(Br)ccc2c1=O)Nc1ncc(F)cn1. The number of alkyl halides is 1. The minimum Gasteiger partial charge on any atom is -0.293 e. The molecule has 1 N–H and O–H groups in total. The third kappa shape index (κ3) is 3.57. The highest BCUT2D eigenvalue weighted by atomic mass is 79.9. The van der Waals surface area contributed by atoms with E-state index >= 15 is 0 Å². The highest BCUT2D eigenvalue weighted by molar-refractivity contribution is 9.10. The summed E-state index contributed by atoms with van der Waals surface area (Å²) < 4.78 is 28.2. The zero-order chi connectivity index (χ0) is 19.1. The van der Waals surface area contributed by atoms with E-state index in [0.717, 1.165) is 21.5 Å². The quantitative estimate of drug-likeness (QED) is 0.679. The molecule has 0 bridgehead atoms. The fraction of sp³-hybridized carbons (Fsp3) is 0.235. The molecule has 3 aromatic rings.